The Morgan fingerprint density at radius 1 is 1.27 bits per heavy atom. The van der Waals surface area contributed by atoms with Gasteiger partial charge in [-0.1, -0.05) is 35.7 Å². The third-order valence-electron chi connectivity index (χ3n) is 4.25. The summed E-state index contributed by atoms with van der Waals surface area (Å²) in [5, 5.41) is 3.38. The van der Waals surface area contributed by atoms with E-state index in [2.05, 4.69) is 10.3 Å². The Hall–Kier alpha value is -2.24. The Morgan fingerprint density at radius 2 is 1.97 bits per heavy atom. The van der Waals surface area contributed by atoms with Crippen LogP contribution < -0.4 is 19.5 Å². The highest BCUT2D eigenvalue weighted by Gasteiger charge is 2.32. The molecule has 0 saturated carbocycles. The van der Waals surface area contributed by atoms with Crippen LogP contribution in [0.1, 0.15) is 12.0 Å². The average molecular weight is 468 g/mol. The molecule has 0 aromatic heterocycles. The van der Waals surface area contributed by atoms with Crippen molar-refractivity contribution in [2.24, 2.45) is 4.99 Å². The molecule has 0 spiro atoms. The standard InChI is InChI=1S/C19H21N3O5S3/c1-25-12-8-11(9-13(26-2)16(12)27-3)10-14-17(24)22(19(28)30-14)6-4-15(23)21-18-20-5-7-29-18/h8-10H,4-7H2,1-3H3,(H,20,21,23). The van der Waals surface area contributed by atoms with Crippen LogP contribution >= 0.6 is 35.7 Å². The highest BCUT2D eigenvalue weighted by molar-refractivity contribution is 8.26. The van der Waals surface area contributed by atoms with Crippen molar-refractivity contribution in [1.29, 1.82) is 0 Å². The molecule has 0 bridgehead atoms. The van der Waals surface area contributed by atoms with Gasteiger partial charge in [0.05, 0.1) is 32.8 Å². The van der Waals surface area contributed by atoms with Gasteiger partial charge >= 0.3 is 0 Å². The minimum absolute atomic E-state index is 0.142. The maximum Gasteiger partial charge on any atom is 0.266 e. The fourth-order valence-electron chi connectivity index (χ4n) is 2.83. The van der Waals surface area contributed by atoms with Crippen LogP contribution in [0.25, 0.3) is 6.08 Å². The number of thioether (sulfide) groups is 2. The number of rotatable bonds is 7. The van der Waals surface area contributed by atoms with Gasteiger partial charge in [0.2, 0.25) is 11.7 Å². The lowest BCUT2D eigenvalue weighted by Gasteiger charge is -2.14. The number of nitrogens with zero attached hydrogens (tertiary/aromatic N) is 2. The Morgan fingerprint density at radius 3 is 2.53 bits per heavy atom. The number of amidine groups is 1. The van der Waals surface area contributed by atoms with Crippen LogP contribution in [0.15, 0.2) is 22.0 Å². The molecule has 11 heteroatoms. The molecular weight excluding hydrogens is 446 g/mol. The predicted molar refractivity (Wildman–Crippen MR) is 123 cm³/mol. The van der Waals surface area contributed by atoms with Crippen LogP contribution in [-0.4, -0.2) is 66.4 Å². The zero-order valence-electron chi connectivity index (χ0n) is 16.7. The van der Waals surface area contributed by atoms with E-state index in [1.165, 1.54) is 49.8 Å². The smallest absolute Gasteiger partial charge is 0.266 e. The second kappa shape index (κ2) is 10.2. The molecule has 1 fully saturated rings. The summed E-state index contributed by atoms with van der Waals surface area (Å²) in [6, 6.07) is 3.50. The fourth-order valence-corrected chi connectivity index (χ4v) is 4.89. The molecule has 0 unspecified atom stereocenters. The van der Waals surface area contributed by atoms with Gasteiger partial charge in [-0.3, -0.25) is 19.5 Å². The van der Waals surface area contributed by atoms with Gasteiger partial charge in [0.1, 0.15) is 4.32 Å². The highest BCUT2D eigenvalue weighted by atomic mass is 32.2. The van der Waals surface area contributed by atoms with E-state index < -0.39 is 0 Å². The molecule has 0 aliphatic carbocycles. The second-order valence-corrected chi connectivity index (χ2v) is 8.88. The molecule has 160 valence electrons. The molecule has 1 aromatic carbocycles. The normalized spacial score (nSPS) is 17.4. The van der Waals surface area contributed by atoms with E-state index in [4.69, 9.17) is 26.4 Å². The van der Waals surface area contributed by atoms with Crippen molar-refractivity contribution in [3.8, 4) is 17.2 Å². The van der Waals surface area contributed by atoms with Crippen LogP contribution in [-0.2, 0) is 9.59 Å². The lowest BCUT2D eigenvalue weighted by molar-refractivity contribution is -0.123. The van der Waals surface area contributed by atoms with Crippen molar-refractivity contribution in [2.75, 3.05) is 40.2 Å². The van der Waals surface area contributed by atoms with Gasteiger partial charge in [-0.25, -0.2) is 0 Å². The molecule has 0 atom stereocenters. The van der Waals surface area contributed by atoms with Gasteiger partial charge in [0, 0.05) is 18.7 Å². The molecule has 1 N–H and O–H groups in total. The van der Waals surface area contributed by atoms with E-state index in [0.717, 1.165) is 5.75 Å². The molecule has 2 aliphatic heterocycles. The van der Waals surface area contributed by atoms with Gasteiger partial charge in [-0.05, 0) is 23.8 Å². The Labute approximate surface area is 188 Å². The lowest BCUT2D eigenvalue weighted by atomic mass is 10.1. The van der Waals surface area contributed by atoms with Crippen molar-refractivity contribution >= 4 is 63.1 Å². The molecule has 2 amide bonds. The Balaban J connectivity index is 1.70. The number of carbonyl (C=O) groups is 2. The SMILES string of the molecule is COc1cc(C=C2SC(=S)N(CCC(=O)NC3=NCCS3)C2=O)cc(OC)c1OC. The van der Waals surface area contributed by atoms with Gasteiger partial charge in [-0.2, -0.15) is 0 Å². The molecule has 8 nitrogen and oxygen atoms in total. The number of benzene rings is 1. The van der Waals surface area contributed by atoms with Crippen LogP contribution in [0.5, 0.6) is 17.2 Å². The number of thiocarbonyl (C=S) groups is 1. The van der Waals surface area contributed by atoms with E-state index in [9.17, 15) is 9.59 Å². The summed E-state index contributed by atoms with van der Waals surface area (Å²) in [4.78, 5) is 31.0. The number of ether oxygens (including phenoxy) is 3. The third kappa shape index (κ3) is 5.08. The van der Waals surface area contributed by atoms with Crippen molar-refractivity contribution in [3.05, 3.63) is 22.6 Å². The average Bonchev–Trinajstić information content (AvgIpc) is 3.33. The van der Waals surface area contributed by atoms with Gasteiger partial charge in [0.25, 0.3) is 5.91 Å². The first-order valence-corrected chi connectivity index (χ1v) is 11.2. The van der Waals surface area contributed by atoms with Gasteiger partial charge in [0.15, 0.2) is 16.7 Å². The molecular formula is C19H21N3O5S3. The number of nitrogens with one attached hydrogen (secondary N) is 1. The summed E-state index contributed by atoms with van der Waals surface area (Å²) in [5.74, 6) is 1.90. The van der Waals surface area contributed by atoms with Crippen LogP contribution in [0, 0.1) is 0 Å². The maximum atomic E-state index is 12.8. The highest BCUT2D eigenvalue weighted by Crippen LogP contribution is 2.40. The zero-order chi connectivity index (χ0) is 21.7. The number of hydrogen-bond acceptors (Lipinski definition) is 9. The van der Waals surface area contributed by atoms with E-state index in [-0.39, 0.29) is 24.8 Å². The van der Waals surface area contributed by atoms with Gasteiger partial charge in [-0.15, -0.1) is 0 Å². The summed E-state index contributed by atoms with van der Waals surface area (Å²) < 4.78 is 16.4. The molecule has 3 rings (SSSR count). The monoisotopic (exact) mass is 467 g/mol. The van der Waals surface area contributed by atoms with E-state index in [1.54, 1.807) is 18.2 Å². The Kier molecular flexibility index (Phi) is 7.62. The molecule has 30 heavy (non-hydrogen) atoms. The number of carbonyl (C=O) groups excluding carboxylic acids is 2. The lowest BCUT2D eigenvalue weighted by Crippen LogP contribution is -2.34. The Bertz CT molecular complexity index is 907. The summed E-state index contributed by atoms with van der Waals surface area (Å²) in [6.07, 6.45) is 1.86. The number of hydrogen-bond donors (Lipinski definition) is 1. The van der Waals surface area contributed by atoms with Crippen LogP contribution in [0.2, 0.25) is 0 Å². The number of amides is 2. The third-order valence-corrected chi connectivity index (χ3v) is 6.52. The molecule has 1 aromatic rings. The number of aliphatic imine (C=N–C) groups is 1. The second-order valence-electron chi connectivity index (χ2n) is 6.13. The van der Waals surface area contributed by atoms with Crippen molar-refractivity contribution in [1.82, 2.24) is 10.2 Å². The zero-order valence-corrected chi connectivity index (χ0v) is 19.2. The summed E-state index contributed by atoms with van der Waals surface area (Å²) in [6.45, 7) is 0.918. The first-order chi connectivity index (χ1) is 14.5. The first-order valence-electron chi connectivity index (χ1n) is 8.99. The van der Waals surface area contributed by atoms with E-state index in [0.29, 0.717) is 43.8 Å². The predicted octanol–water partition coefficient (Wildman–Crippen LogP) is 2.52. The first kappa shape index (κ1) is 22.4. The van der Waals surface area contributed by atoms with Gasteiger partial charge < -0.3 is 19.5 Å². The van der Waals surface area contributed by atoms with Crippen LogP contribution in [0.4, 0.5) is 0 Å². The summed E-state index contributed by atoms with van der Waals surface area (Å²) in [7, 11) is 4.59. The van der Waals surface area contributed by atoms with E-state index >= 15 is 0 Å². The van der Waals surface area contributed by atoms with Crippen molar-refractivity contribution in [3.63, 3.8) is 0 Å². The van der Waals surface area contributed by atoms with Crippen molar-refractivity contribution < 1.29 is 23.8 Å². The molecule has 1 saturated heterocycles. The molecule has 0 radical (unpaired) electrons. The summed E-state index contributed by atoms with van der Waals surface area (Å²) in [5.41, 5.74) is 0.707. The topological polar surface area (TPSA) is 89.5 Å². The van der Waals surface area contributed by atoms with Crippen molar-refractivity contribution in [2.45, 2.75) is 6.42 Å². The fraction of sp³-hybridized carbons (Fsp3) is 0.368. The largest absolute Gasteiger partial charge is 0.493 e. The minimum Gasteiger partial charge on any atom is -0.493 e. The van der Waals surface area contributed by atoms with Crippen LogP contribution in [0.3, 0.4) is 0 Å². The van der Waals surface area contributed by atoms with E-state index in [1.807, 2.05) is 0 Å². The molecule has 2 heterocycles. The number of methoxy groups -OCH3 is 3. The quantitative estimate of drug-likeness (QED) is 0.483. The maximum absolute atomic E-state index is 12.8. The minimum atomic E-state index is -0.237. The molecule has 2 aliphatic rings. The summed E-state index contributed by atoms with van der Waals surface area (Å²) >= 11 is 8.05.